The van der Waals surface area contributed by atoms with Crippen molar-refractivity contribution < 1.29 is 13.6 Å². The number of para-hydroxylation sites is 1. The monoisotopic (exact) mass is 266 g/mol. The molecule has 2 aliphatic rings. The Labute approximate surface area is 108 Å². The van der Waals surface area contributed by atoms with Gasteiger partial charge in [-0.3, -0.25) is 0 Å². The van der Waals surface area contributed by atoms with Crippen molar-refractivity contribution in [2.45, 2.75) is 18.5 Å². The Morgan fingerprint density at radius 1 is 1.21 bits per heavy atom. The molecular formula is C12H12F2N4O. The molecule has 0 radical (unpaired) electrons. The Kier molecular flexibility index (Phi) is 2.69. The number of halogens is 2. The summed E-state index contributed by atoms with van der Waals surface area (Å²) in [6.45, 7) is 0.962. The second-order valence-electron chi connectivity index (χ2n) is 4.70. The lowest BCUT2D eigenvalue weighted by Crippen LogP contribution is -2.43. The highest BCUT2D eigenvalue weighted by Crippen LogP contribution is 2.38. The summed E-state index contributed by atoms with van der Waals surface area (Å²) < 4.78 is 26.8. The van der Waals surface area contributed by atoms with E-state index in [2.05, 4.69) is 15.5 Å². The van der Waals surface area contributed by atoms with Gasteiger partial charge >= 0.3 is 6.03 Å². The summed E-state index contributed by atoms with van der Waals surface area (Å²) in [5.74, 6) is -1.57. The Bertz CT molecular complexity index is 524. The SMILES string of the molecule is O=C(Nc1c(F)cccc1F)N1CCC2(CC1)N=N2. The van der Waals surface area contributed by atoms with E-state index in [0.29, 0.717) is 25.9 Å². The average molecular weight is 266 g/mol. The van der Waals surface area contributed by atoms with E-state index in [9.17, 15) is 13.6 Å². The molecule has 1 aromatic carbocycles. The van der Waals surface area contributed by atoms with Crippen LogP contribution in [0, 0.1) is 11.6 Å². The first-order valence-corrected chi connectivity index (χ1v) is 6.04. The van der Waals surface area contributed by atoms with Crippen molar-refractivity contribution in [1.82, 2.24) is 4.90 Å². The Hall–Kier alpha value is -2.05. The van der Waals surface area contributed by atoms with Crippen LogP contribution in [0.4, 0.5) is 19.3 Å². The highest BCUT2D eigenvalue weighted by molar-refractivity contribution is 5.89. The molecule has 2 heterocycles. The number of likely N-dealkylation sites (tertiary alicyclic amines) is 1. The first kappa shape index (κ1) is 12.0. The van der Waals surface area contributed by atoms with Crippen LogP contribution < -0.4 is 5.32 Å². The second kappa shape index (κ2) is 4.25. The van der Waals surface area contributed by atoms with Crippen LogP contribution in [0.1, 0.15) is 12.8 Å². The molecule has 0 saturated carbocycles. The molecule has 0 atom stereocenters. The van der Waals surface area contributed by atoms with Gasteiger partial charge in [0.05, 0.1) is 0 Å². The molecule has 3 rings (SSSR count). The van der Waals surface area contributed by atoms with Crippen molar-refractivity contribution in [2.24, 2.45) is 10.2 Å². The number of carbonyl (C=O) groups is 1. The maximum Gasteiger partial charge on any atom is 0.322 e. The lowest BCUT2D eigenvalue weighted by Gasteiger charge is -2.29. The van der Waals surface area contributed by atoms with E-state index in [1.165, 1.54) is 11.0 Å². The molecule has 1 aromatic rings. The fourth-order valence-corrected chi connectivity index (χ4v) is 2.14. The summed E-state index contributed by atoms with van der Waals surface area (Å²) in [6.07, 6.45) is 1.33. The summed E-state index contributed by atoms with van der Waals surface area (Å²) in [7, 11) is 0. The average Bonchev–Trinajstić information content (AvgIpc) is 3.14. The quantitative estimate of drug-likeness (QED) is 0.834. The number of piperidine rings is 1. The molecule has 19 heavy (non-hydrogen) atoms. The number of nitrogens with one attached hydrogen (secondary N) is 1. The third-order valence-corrected chi connectivity index (χ3v) is 3.43. The van der Waals surface area contributed by atoms with Crippen molar-refractivity contribution in [2.75, 3.05) is 18.4 Å². The third-order valence-electron chi connectivity index (χ3n) is 3.43. The van der Waals surface area contributed by atoms with Gasteiger partial charge in [0, 0.05) is 25.9 Å². The molecular weight excluding hydrogens is 254 g/mol. The van der Waals surface area contributed by atoms with Crippen molar-refractivity contribution in [3.63, 3.8) is 0 Å². The Morgan fingerprint density at radius 2 is 1.79 bits per heavy atom. The highest BCUT2D eigenvalue weighted by atomic mass is 19.1. The molecule has 5 nitrogen and oxygen atoms in total. The summed E-state index contributed by atoms with van der Waals surface area (Å²) in [5, 5.41) is 10.2. The van der Waals surface area contributed by atoms with E-state index in [4.69, 9.17) is 0 Å². The minimum Gasteiger partial charge on any atom is -0.324 e. The molecule has 1 N–H and O–H groups in total. The third kappa shape index (κ3) is 2.27. The van der Waals surface area contributed by atoms with Crippen molar-refractivity contribution >= 4 is 11.7 Å². The molecule has 2 aliphatic heterocycles. The lowest BCUT2D eigenvalue weighted by atomic mass is 10.0. The van der Waals surface area contributed by atoms with Gasteiger partial charge in [0.2, 0.25) is 0 Å². The zero-order chi connectivity index (χ0) is 13.5. The summed E-state index contributed by atoms with van der Waals surface area (Å²) in [4.78, 5) is 13.4. The van der Waals surface area contributed by atoms with Crippen LogP contribution in [-0.2, 0) is 0 Å². The summed E-state index contributed by atoms with van der Waals surface area (Å²) in [6, 6.07) is 2.96. The van der Waals surface area contributed by atoms with Gasteiger partial charge in [0.15, 0.2) is 5.66 Å². The van der Waals surface area contributed by atoms with Gasteiger partial charge in [0.25, 0.3) is 0 Å². The predicted molar refractivity (Wildman–Crippen MR) is 63.8 cm³/mol. The van der Waals surface area contributed by atoms with Gasteiger partial charge in [0.1, 0.15) is 17.3 Å². The van der Waals surface area contributed by atoms with Gasteiger partial charge < -0.3 is 10.2 Å². The van der Waals surface area contributed by atoms with Crippen LogP contribution in [-0.4, -0.2) is 29.7 Å². The van der Waals surface area contributed by atoms with E-state index >= 15 is 0 Å². The Morgan fingerprint density at radius 3 is 2.32 bits per heavy atom. The number of hydrogen-bond acceptors (Lipinski definition) is 3. The van der Waals surface area contributed by atoms with Gasteiger partial charge in [-0.2, -0.15) is 10.2 Å². The molecule has 100 valence electrons. The number of hydrogen-bond donors (Lipinski definition) is 1. The van der Waals surface area contributed by atoms with E-state index in [-0.39, 0.29) is 5.66 Å². The van der Waals surface area contributed by atoms with Crippen LogP contribution in [0.3, 0.4) is 0 Å². The first-order valence-electron chi connectivity index (χ1n) is 6.04. The van der Waals surface area contributed by atoms with Crippen molar-refractivity contribution in [1.29, 1.82) is 0 Å². The van der Waals surface area contributed by atoms with Crippen LogP contribution in [0.2, 0.25) is 0 Å². The summed E-state index contributed by atoms with van der Waals surface area (Å²) >= 11 is 0. The lowest BCUT2D eigenvalue weighted by molar-refractivity contribution is 0.188. The van der Waals surface area contributed by atoms with Gasteiger partial charge in [-0.15, -0.1) is 0 Å². The number of urea groups is 1. The standard InChI is InChI=1S/C12H12F2N4O/c13-8-2-1-3-9(14)10(8)15-11(19)18-6-4-12(5-7-18)16-17-12/h1-3H,4-7H2,(H,15,19). The minimum absolute atomic E-state index is 0.278. The molecule has 2 amide bonds. The van der Waals surface area contributed by atoms with E-state index in [1.807, 2.05) is 0 Å². The van der Waals surface area contributed by atoms with Crippen molar-refractivity contribution in [3.8, 4) is 0 Å². The topological polar surface area (TPSA) is 57.1 Å². The van der Waals surface area contributed by atoms with Crippen LogP contribution in [0.15, 0.2) is 28.4 Å². The highest BCUT2D eigenvalue weighted by Gasteiger charge is 2.43. The Balaban J connectivity index is 1.65. The zero-order valence-corrected chi connectivity index (χ0v) is 10.1. The number of anilines is 1. The molecule has 7 heteroatoms. The van der Waals surface area contributed by atoms with E-state index in [0.717, 1.165) is 12.1 Å². The fourth-order valence-electron chi connectivity index (χ4n) is 2.14. The van der Waals surface area contributed by atoms with Crippen LogP contribution in [0.5, 0.6) is 0 Å². The largest absolute Gasteiger partial charge is 0.324 e. The molecule has 1 fully saturated rings. The predicted octanol–water partition coefficient (Wildman–Crippen LogP) is 2.75. The number of carbonyl (C=O) groups excluding carboxylic acids is 1. The van der Waals surface area contributed by atoms with Gasteiger partial charge in [-0.05, 0) is 12.1 Å². The number of benzene rings is 1. The smallest absolute Gasteiger partial charge is 0.322 e. The molecule has 0 aliphatic carbocycles. The van der Waals surface area contributed by atoms with Crippen LogP contribution in [0.25, 0.3) is 0 Å². The number of amides is 2. The molecule has 1 spiro atoms. The van der Waals surface area contributed by atoms with Crippen molar-refractivity contribution in [3.05, 3.63) is 29.8 Å². The molecule has 0 aromatic heterocycles. The molecule has 0 unspecified atom stereocenters. The summed E-state index contributed by atoms with van der Waals surface area (Å²) in [5.41, 5.74) is -0.686. The molecule has 0 bridgehead atoms. The van der Waals surface area contributed by atoms with E-state index < -0.39 is 23.4 Å². The number of rotatable bonds is 1. The first-order chi connectivity index (χ1) is 9.10. The minimum atomic E-state index is -0.783. The molecule has 1 saturated heterocycles. The number of nitrogens with zero attached hydrogens (tertiary/aromatic N) is 3. The van der Waals surface area contributed by atoms with Gasteiger partial charge in [-0.1, -0.05) is 6.07 Å². The van der Waals surface area contributed by atoms with E-state index in [1.54, 1.807) is 0 Å². The normalized spacial score (nSPS) is 19.6. The maximum absolute atomic E-state index is 13.4. The second-order valence-corrected chi connectivity index (χ2v) is 4.70. The van der Waals surface area contributed by atoms with Crippen LogP contribution >= 0.6 is 0 Å². The zero-order valence-electron chi connectivity index (χ0n) is 10.1. The fraction of sp³-hybridized carbons (Fsp3) is 0.417. The van der Waals surface area contributed by atoms with Gasteiger partial charge in [-0.25, -0.2) is 13.6 Å². The maximum atomic E-state index is 13.4.